The van der Waals surface area contributed by atoms with Crippen molar-refractivity contribution in [2.75, 3.05) is 11.9 Å². The van der Waals surface area contributed by atoms with E-state index in [0.29, 0.717) is 40.5 Å². The molecule has 1 amide bonds. The Kier molecular flexibility index (Phi) is 5.24. The van der Waals surface area contributed by atoms with Gasteiger partial charge in [0.05, 0.1) is 6.61 Å². The Morgan fingerprint density at radius 3 is 2.90 bits per heavy atom. The molecular formula is C14H18N4O2S. The molecule has 0 fully saturated rings. The summed E-state index contributed by atoms with van der Waals surface area (Å²) in [6.45, 7) is 5.06. The molecule has 21 heavy (non-hydrogen) atoms. The fraction of sp³-hybridized carbons (Fsp3) is 0.357. The summed E-state index contributed by atoms with van der Waals surface area (Å²) in [5.41, 5.74) is 5.98. The lowest BCUT2D eigenvalue weighted by molar-refractivity contribution is 0.102. The van der Waals surface area contributed by atoms with Gasteiger partial charge in [-0.15, -0.1) is 10.2 Å². The van der Waals surface area contributed by atoms with E-state index in [1.165, 1.54) is 11.3 Å². The van der Waals surface area contributed by atoms with Gasteiger partial charge in [-0.05, 0) is 24.1 Å². The average Bonchev–Trinajstić information content (AvgIpc) is 2.93. The third kappa shape index (κ3) is 4.51. The van der Waals surface area contributed by atoms with Crippen LogP contribution in [0, 0.1) is 5.92 Å². The molecule has 0 spiro atoms. The molecule has 0 saturated heterocycles. The van der Waals surface area contributed by atoms with Crippen molar-refractivity contribution in [2.24, 2.45) is 11.7 Å². The average molecular weight is 306 g/mol. The second-order valence-corrected chi connectivity index (χ2v) is 5.95. The van der Waals surface area contributed by atoms with Gasteiger partial charge in [0.25, 0.3) is 5.91 Å². The lowest BCUT2D eigenvalue weighted by atomic mass is 10.2. The first-order valence-corrected chi connectivity index (χ1v) is 7.46. The van der Waals surface area contributed by atoms with E-state index < -0.39 is 0 Å². The molecule has 0 saturated carbocycles. The molecule has 0 unspecified atom stereocenters. The minimum absolute atomic E-state index is 0.246. The first kappa shape index (κ1) is 15.4. The number of rotatable bonds is 6. The highest BCUT2D eigenvalue weighted by atomic mass is 32.1. The van der Waals surface area contributed by atoms with Crippen molar-refractivity contribution in [3.05, 3.63) is 34.8 Å². The third-order valence-corrected chi connectivity index (χ3v) is 3.40. The zero-order valence-electron chi connectivity index (χ0n) is 12.0. The maximum absolute atomic E-state index is 12.1. The minimum atomic E-state index is -0.246. The molecule has 0 aliphatic heterocycles. The molecule has 0 bridgehead atoms. The Morgan fingerprint density at radius 2 is 2.24 bits per heavy atom. The zero-order chi connectivity index (χ0) is 15.2. The van der Waals surface area contributed by atoms with Crippen LogP contribution in [0.25, 0.3) is 0 Å². The van der Waals surface area contributed by atoms with Crippen LogP contribution in [-0.4, -0.2) is 22.7 Å². The topological polar surface area (TPSA) is 90.1 Å². The Morgan fingerprint density at radius 1 is 1.43 bits per heavy atom. The van der Waals surface area contributed by atoms with Crippen LogP contribution in [0.3, 0.4) is 0 Å². The highest BCUT2D eigenvalue weighted by Crippen LogP contribution is 2.18. The number of carbonyl (C=O) groups excluding carboxylic acids is 1. The van der Waals surface area contributed by atoms with E-state index in [-0.39, 0.29) is 5.91 Å². The van der Waals surface area contributed by atoms with Gasteiger partial charge in [0.1, 0.15) is 10.8 Å². The molecule has 0 aliphatic carbocycles. The van der Waals surface area contributed by atoms with Crippen molar-refractivity contribution in [3.63, 3.8) is 0 Å². The van der Waals surface area contributed by atoms with Crippen molar-refractivity contribution in [2.45, 2.75) is 20.4 Å². The predicted molar refractivity (Wildman–Crippen MR) is 82.5 cm³/mol. The molecule has 0 radical (unpaired) electrons. The number of aromatic nitrogens is 2. The zero-order valence-corrected chi connectivity index (χ0v) is 12.8. The molecular weight excluding hydrogens is 288 g/mol. The van der Waals surface area contributed by atoms with E-state index in [9.17, 15) is 4.79 Å². The molecule has 2 aromatic rings. The number of ether oxygens (including phenoxy) is 1. The van der Waals surface area contributed by atoms with Gasteiger partial charge >= 0.3 is 0 Å². The van der Waals surface area contributed by atoms with Crippen molar-refractivity contribution in [3.8, 4) is 5.75 Å². The standard InChI is InChI=1S/C14H18N4O2S/c1-9(2)8-20-11-5-3-4-10(6-11)13(19)16-14-18-17-12(7-15)21-14/h3-6,9H,7-8,15H2,1-2H3,(H,16,18,19). The van der Waals surface area contributed by atoms with Crippen LogP contribution in [0.4, 0.5) is 5.13 Å². The summed E-state index contributed by atoms with van der Waals surface area (Å²) in [6.07, 6.45) is 0. The Hall–Kier alpha value is -1.99. The first-order valence-electron chi connectivity index (χ1n) is 6.65. The molecule has 2 rings (SSSR count). The summed E-state index contributed by atoms with van der Waals surface area (Å²) in [7, 11) is 0. The maximum atomic E-state index is 12.1. The molecule has 112 valence electrons. The van der Waals surface area contributed by atoms with Crippen LogP contribution >= 0.6 is 11.3 Å². The number of benzene rings is 1. The highest BCUT2D eigenvalue weighted by Gasteiger charge is 2.10. The number of nitrogens with two attached hydrogens (primary N) is 1. The minimum Gasteiger partial charge on any atom is -0.493 e. The molecule has 1 aromatic carbocycles. The number of nitrogens with zero attached hydrogens (tertiary/aromatic N) is 2. The fourth-order valence-corrected chi connectivity index (χ4v) is 2.16. The summed E-state index contributed by atoms with van der Waals surface area (Å²) in [5.74, 6) is 0.861. The third-order valence-electron chi connectivity index (χ3n) is 2.54. The summed E-state index contributed by atoms with van der Waals surface area (Å²) in [4.78, 5) is 12.1. The first-order chi connectivity index (χ1) is 10.1. The summed E-state index contributed by atoms with van der Waals surface area (Å²) in [6, 6.07) is 7.05. The molecule has 0 aliphatic rings. The van der Waals surface area contributed by atoms with Gasteiger partial charge in [0.15, 0.2) is 0 Å². The van der Waals surface area contributed by atoms with Crippen LogP contribution < -0.4 is 15.8 Å². The van der Waals surface area contributed by atoms with Crippen LogP contribution in [0.1, 0.15) is 29.2 Å². The van der Waals surface area contributed by atoms with Gasteiger partial charge in [0, 0.05) is 12.1 Å². The Labute approximate surface area is 127 Å². The van der Waals surface area contributed by atoms with Crippen molar-refractivity contribution in [1.29, 1.82) is 0 Å². The van der Waals surface area contributed by atoms with Crippen molar-refractivity contribution in [1.82, 2.24) is 10.2 Å². The number of amides is 1. The van der Waals surface area contributed by atoms with E-state index in [4.69, 9.17) is 10.5 Å². The van der Waals surface area contributed by atoms with Gasteiger partial charge in [-0.25, -0.2) is 0 Å². The van der Waals surface area contributed by atoms with Crippen molar-refractivity contribution >= 4 is 22.4 Å². The van der Waals surface area contributed by atoms with E-state index >= 15 is 0 Å². The van der Waals surface area contributed by atoms with Gasteiger partial charge in [0.2, 0.25) is 5.13 Å². The molecule has 6 nitrogen and oxygen atoms in total. The summed E-state index contributed by atoms with van der Waals surface area (Å²) in [5, 5.41) is 11.5. The Bertz CT molecular complexity index is 613. The normalized spacial score (nSPS) is 10.7. The highest BCUT2D eigenvalue weighted by molar-refractivity contribution is 7.15. The van der Waals surface area contributed by atoms with Crippen LogP contribution in [0.15, 0.2) is 24.3 Å². The van der Waals surface area contributed by atoms with Gasteiger partial charge in [-0.1, -0.05) is 31.3 Å². The lowest BCUT2D eigenvalue weighted by Gasteiger charge is -2.09. The van der Waals surface area contributed by atoms with E-state index in [0.717, 1.165) is 0 Å². The number of carbonyl (C=O) groups is 1. The fourth-order valence-electron chi connectivity index (χ4n) is 1.55. The molecule has 3 N–H and O–H groups in total. The van der Waals surface area contributed by atoms with E-state index in [1.807, 2.05) is 6.07 Å². The summed E-state index contributed by atoms with van der Waals surface area (Å²) >= 11 is 1.26. The van der Waals surface area contributed by atoms with E-state index in [2.05, 4.69) is 29.4 Å². The smallest absolute Gasteiger partial charge is 0.257 e. The molecule has 7 heteroatoms. The second kappa shape index (κ2) is 7.14. The molecule has 1 heterocycles. The second-order valence-electron chi connectivity index (χ2n) is 4.89. The maximum Gasteiger partial charge on any atom is 0.257 e. The van der Waals surface area contributed by atoms with E-state index in [1.54, 1.807) is 18.2 Å². The Balaban J connectivity index is 2.03. The number of nitrogens with one attached hydrogen (secondary N) is 1. The van der Waals surface area contributed by atoms with Crippen molar-refractivity contribution < 1.29 is 9.53 Å². The number of anilines is 1. The van der Waals surface area contributed by atoms with Crippen LogP contribution in [0.2, 0.25) is 0 Å². The molecule has 0 atom stereocenters. The SMILES string of the molecule is CC(C)COc1cccc(C(=O)Nc2nnc(CN)s2)c1. The molecule has 1 aromatic heterocycles. The van der Waals surface area contributed by atoms with Gasteiger partial charge in [-0.3, -0.25) is 10.1 Å². The van der Waals surface area contributed by atoms with Crippen LogP contribution in [-0.2, 0) is 6.54 Å². The van der Waals surface area contributed by atoms with Gasteiger partial charge in [-0.2, -0.15) is 0 Å². The predicted octanol–water partition coefficient (Wildman–Crippen LogP) is 2.28. The number of hydrogen-bond donors (Lipinski definition) is 2. The lowest BCUT2D eigenvalue weighted by Crippen LogP contribution is -2.12. The number of hydrogen-bond acceptors (Lipinski definition) is 6. The summed E-state index contributed by atoms with van der Waals surface area (Å²) < 4.78 is 5.61. The quantitative estimate of drug-likeness (QED) is 0.854. The largest absolute Gasteiger partial charge is 0.493 e. The van der Waals surface area contributed by atoms with Gasteiger partial charge < -0.3 is 10.5 Å². The van der Waals surface area contributed by atoms with Crippen LogP contribution in [0.5, 0.6) is 5.75 Å². The monoisotopic (exact) mass is 306 g/mol.